The molecule has 0 aromatic carbocycles. The van der Waals surface area contributed by atoms with Crippen molar-refractivity contribution in [2.24, 2.45) is 0 Å². The third-order valence-corrected chi connectivity index (χ3v) is 4.88. The molecule has 1 heterocycles. The molecule has 1 N–H and O–H groups in total. The summed E-state index contributed by atoms with van der Waals surface area (Å²) in [5.41, 5.74) is 1.08. The third-order valence-electron chi connectivity index (χ3n) is 2.72. The Hall–Kier alpha value is -0.290. The maximum atomic E-state index is 4.62. The predicted molar refractivity (Wildman–Crippen MR) is 84.3 cm³/mol. The summed E-state index contributed by atoms with van der Waals surface area (Å²) in [6, 6.07) is 0. The molecule has 0 saturated carbocycles. The molecule has 0 saturated heterocycles. The molecule has 3 nitrogen and oxygen atoms in total. The van der Waals surface area contributed by atoms with Gasteiger partial charge in [0.2, 0.25) is 0 Å². The van der Waals surface area contributed by atoms with Crippen molar-refractivity contribution in [2.75, 3.05) is 11.9 Å². The largest absolute Gasteiger partial charge is 0.369 e. The second-order valence-corrected chi connectivity index (χ2v) is 6.38. The van der Waals surface area contributed by atoms with Crippen molar-refractivity contribution in [2.45, 2.75) is 51.5 Å². The Morgan fingerprint density at radius 1 is 1.28 bits per heavy atom. The molecule has 1 rings (SSSR count). The Bertz CT molecular complexity index is 385. The Labute approximate surface area is 123 Å². The number of nitrogens with one attached hydrogen (secondary N) is 1. The second-order valence-electron chi connectivity index (χ2n) is 4.16. The number of halogens is 1. The van der Waals surface area contributed by atoms with Gasteiger partial charge in [0, 0.05) is 11.8 Å². The highest BCUT2D eigenvalue weighted by Crippen LogP contribution is 2.26. The summed E-state index contributed by atoms with van der Waals surface area (Å²) in [5, 5.41) is 3.94. The lowest BCUT2D eigenvalue weighted by Gasteiger charge is -2.12. The van der Waals surface area contributed by atoms with E-state index in [9.17, 15) is 0 Å². The lowest BCUT2D eigenvalue weighted by molar-refractivity contribution is 0.892. The number of rotatable bonds is 7. The van der Waals surface area contributed by atoms with Crippen LogP contribution in [-0.4, -0.2) is 21.8 Å². The highest BCUT2D eigenvalue weighted by atomic mass is 79.9. The van der Waals surface area contributed by atoms with Gasteiger partial charge in [-0.15, -0.1) is 0 Å². The van der Waals surface area contributed by atoms with Gasteiger partial charge in [-0.3, -0.25) is 0 Å². The Kier molecular flexibility index (Phi) is 7.00. The van der Waals surface area contributed by atoms with Crippen LogP contribution in [-0.2, 0) is 12.2 Å². The molecule has 102 valence electrons. The molecule has 1 unspecified atom stereocenters. The van der Waals surface area contributed by atoms with Crippen LogP contribution in [0.5, 0.6) is 0 Å². The summed E-state index contributed by atoms with van der Waals surface area (Å²) >= 11 is 5.49. The van der Waals surface area contributed by atoms with Gasteiger partial charge >= 0.3 is 0 Å². The molecule has 0 fully saturated rings. The van der Waals surface area contributed by atoms with E-state index in [-0.39, 0.29) is 0 Å². The number of anilines is 1. The second kappa shape index (κ2) is 8.00. The summed E-state index contributed by atoms with van der Waals surface area (Å²) in [7, 11) is 0. The molecule has 0 aliphatic rings. The first-order chi connectivity index (χ1) is 8.62. The lowest BCUT2D eigenvalue weighted by atomic mass is 10.3. The minimum absolute atomic E-state index is 0.657. The van der Waals surface area contributed by atoms with Crippen LogP contribution in [0.3, 0.4) is 0 Å². The van der Waals surface area contributed by atoms with E-state index in [2.05, 4.69) is 58.9 Å². The van der Waals surface area contributed by atoms with Gasteiger partial charge in [-0.05, 0) is 35.7 Å². The van der Waals surface area contributed by atoms with Gasteiger partial charge in [0.1, 0.15) is 11.6 Å². The van der Waals surface area contributed by atoms with Gasteiger partial charge in [0.25, 0.3) is 0 Å². The summed E-state index contributed by atoms with van der Waals surface area (Å²) in [6.45, 7) is 9.52. The maximum Gasteiger partial charge on any atom is 0.144 e. The number of aromatic nitrogens is 2. The first-order valence-electron chi connectivity index (χ1n) is 6.53. The van der Waals surface area contributed by atoms with Crippen molar-refractivity contribution in [3.63, 3.8) is 0 Å². The quantitative estimate of drug-likeness (QED) is 0.809. The molecule has 1 atom stereocenters. The summed E-state index contributed by atoms with van der Waals surface area (Å²) < 4.78 is 1.00. The monoisotopic (exact) mass is 331 g/mol. The molecular formula is C13H22BrN3S. The minimum Gasteiger partial charge on any atom is -0.369 e. The topological polar surface area (TPSA) is 37.8 Å². The van der Waals surface area contributed by atoms with Gasteiger partial charge in [0.05, 0.1) is 15.9 Å². The molecule has 0 bridgehead atoms. The van der Waals surface area contributed by atoms with Gasteiger partial charge in [-0.25, -0.2) is 9.97 Å². The highest BCUT2D eigenvalue weighted by molar-refractivity contribution is 9.10. The van der Waals surface area contributed by atoms with Crippen LogP contribution < -0.4 is 5.32 Å². The van der Waals surface area contributed by atoms with Gasteiger partial charge in [-0.2, -0.15) is 11.8 Å². The highest BCUT2D eigenvalue weighted by Gasteiger charge is 2.11. The zero-order chi connectivity index (χ0) is 13.5. The van der Waals surface area contributed by atoms with Gasteiger partial charge in [0.15, 0.2) is 0 Å². The van der Waals surface area contributed by atoms with Crippen LogP contribution in [0, 0.1) is 0 Å². The van der Waals surface area contributed by atoms with Gasteiger partial charge < -0.3 is 5.32 Å². The SMILES string of the molecule is CCNc1nc(CSC(C)CC)nc(CC)c1Br. The van der Waals surface area contributed by atoms with Crippen molar-refractivity contribution < 1.29 is 0 Å². The molecule has 0 radical (unpaired) electrons. The summed E-state index contributed by atoms with van der Waals surface area (Å²) in [6.07, 6.45) is 2.10. The zero-order valence-corrected chi connectivity index (χ0v) is 14.0. The Balaban J connectivity index is 2.87. The molecule has 5 heteroatoms. The number of hydrogen-bond donors (Lipinski definition) is 1. The van der Waals surface area contributed by atoms with Crippen LogP contribution in [0.2, 0.25) is 0 Å². The molecule has 0 spiro atoms. The van der Waals surface area contributed by atoms with E-state index in [1.54, 1.807) is 0 Å². The van der Waals surface area contributed by atoms with Crippen molar-refractivity contribution in [3.8, 4) is 0 Å². The van der Waals surface area contributed by atoms with E-state index in [4.69, 9.17) is 0 Å². The molecule has 0 aliphatic carbocycles. The van der Waals surface area contributed by atoms with E-state index in [1.165, 1.54) is 6.42 Å². The fourth-order valence-corrected chi connectivity index (χ4v) is 2.86. The van der Waals surface area contributed by atoms with Crippen molar-refractivity contribution >= 4 is 33.5 Å². The van der Waals surface area contributed by atoms with Crippen LogP contribution in [0.4, 0.5) is 5.82 Å². The number of thioether (sulfide) groups is 1. The molecule has 18 heavy (non-hydrogen) atoms. The van der Waals surface area contributed by atoms with Crippen LogP contribution in [0.1, 0.15) is 45.6 Å². The molecule has 0 amide bonds. The zero-order valence-electron chi connectivity index (χ0n) is 11.6. The molecule has 1 aromatic rings. The van der Waals surface area contributed by atoms with Crippen molar-refractivity contribution in [3.05, 3.63) is 16.0 Å². The summed E-state index contributed by atoms with van der Waals surface area (Å²) in [5.74, 6) is 2.73. The average Bonchev–Trinajstić information content (AvgIpc) is 2.39. The normalized spacial score (nSPS) is 12.5. The van der Waals surface area contributed by atoms with E-state index >= 15 is 0 Å². The average molecular weight is 332 g/mol. The Morgan fingerprint density at radius 3 is 2.56 bits per heavy atom. The van der Waals surface area contributed by atoms with Gasteiger partial charge in [-0.1, -0.05) is 20.8 Å². The van der Waals surface area contributed by atoms with Crippen LogP contribution in [0.25, 0.3) is 0 Å². The van der Waals surface area contributed by atoms with Crippen molar-refractivity contribution in [1.29, 1.82) is 0 Å². The molecular weight excluding hydrogens is 310 g/mol. The van der Waals surface area contributed by atoms with Crippen molar-refractivity contribution in [1.82, 2.24) is 9.97 Å². The number of aryl methyl sites for hydroxylation is 1. The van der Waals surface area contributed by atoms with E-state index in [0.29, 0.717) is 5.25 Å². The van der Waals surface area contributed by atoms with E-state index < -0.39 is 0 Å². The molecule has 1 aromatic heterocycles. The maximum absolute atomic E-state index is 4.62. The standard InChI is InChI=1S/C13H22BrN3S/c1-5-9(4)18-8-11-16-10(6-2)12(14)13(17-11)15-7-3/h9H,5-8H2,1-4H3,(H,15,16,17). The van der Waals surface area contributed by atoms with E-state index in [0.717, 1.165) is 40.5 Å². The van der Waals surface area contributed by atoms with Crippen LogP contribution in [0.15, 0.2) is 4.47 Å². The first kappa shape index (κ1) is 15.8. The lowest BCUT2D eigenvalue weighted by Crippen LogP contribution is -2.08. The fraction of sp³-hybridized carbons (Fsp3) is 0.692. The number of nitrogens with zero attached hydrogens (tertiary/aromatic N) is 2. The number of hydrogen-bond acceptors (Lipinski definition) is 4. The Morgan fingerprint density at radius 2 is 2.00 bits per heavy atom. The summed E-state index contributed by atoms with van der Waals surface area (Å²) in [4.78, 5) is 9.21. The predicted octanol–water partition coefficient (Wildman–Crippen LogP) is 4.27. The van der Waals surface area contributed by atoms with Crippen LogP contribution >= 0.6 is 27.7 Å². The minimum atomic E-state index is 0.657. The fourth-order valence-electron chi connectivity index (χ4n) is 1.46. The smallest absolute Gasteiger partial charge is 0.144 e. The van der Waals surface area contributed by atoms with E-state index in [1.807, 2.05) is 11.8 Å². The third kappa shape index (κ3) is 4.43. The molecule has 0 aliphatic heterocycles. The first-order valence-corrected chi connectivity index (χ1v) is 8.37.